The highest BCUT2D eigenvalue weighted by Crippen LogP contribution is 2.41. The van der Waals surface area contributed by atoms with E-state index in [2.05, 4.69) is 5.10 Å². The first-order valence-corrected chi connectivity index (χ1v) is 9.84. The van der Waals surface area contributed by atoms with Gasteiger partial charge >= 0.3 is 0 Å². The fraction of sp³-hybridized carbons (Fsp3) is 0.474. The van der Waals surface area contributed by atoms with Gasteiger partial charge in [0.2, 0.25) is 0 Å². The van der Waals surface area contributed by atoms with Gasteiger partial charge in [-0.3, -0.25) is 9.48 Å². The Morgan fingerprint density at radius 3 is 2.79 bits per heavy atom. The van der Waals surface area contributed by atoms with Crippen molar-refractivity contribution in [3.05, 3.63) is 50.8 Å². The molecule has 0 bridgehead atoms. The molecule has 2 atom stereocenters. The van der Waals surface area contributed by atoms with Crippen LogP contribution in [0.15, 0.2) is 18.2 Å². The number of rotatable bonds is 1. The SMILES string of the molecule is C[C@@H]1Cc2nn3c(c2CN1C(=O)c1ccc(Cl)c(Cl)c1)C(F)(F)CCC(O)C3. The summed E-state index contributed by atoms with van der Waals surface area (Å²) in [5, 5.41) is 14.9. The van der Waals surface area contributed by atoms with Gasteiger partial charge < -0.3 is 10.0 Å². The first-order valence-electron chi connectivity index (χ1n) is 9.08. The standard InChI is InChI=1S/C19H19Cl2F2N3O2/c1-10-6-16-13(17-19(22,23)5-4-12(27)8-26(17)24-16)9-25(10)18(28)11-2-3-14(20)15(21)7-11/h2-3,7,10,12,27H,4-6,8-9H2,1H3/t10-,12?/m1/s1. The van der Waals surface area contributed by atoms with Crippen molar-refractivity contribution in [2.75, 3.05) is 0 Å². The van der Waals surface area contributed by atoms with Crippen LogP contribution in [0.4, 0.5) is 8.78 Å². The minimum atomic E-state index is -3.10. The van der Waals surface area contributed by atoms with E-state index in [4.69, 9.17) is 23.2 Å². The van der Waals surface area contributed by atoms with E-state index in [-0.39, 0.29) is 42.2 Å². The summed E-state index contributed by atoms with van der Waals surface area (Å²) >= 11 is 11.9. The minimum absolute atomic E-state index is 0.00740. The van der Waals surface area contributed by atoms with Crippen LogP contribution < -0.4 is 0 Å². The van der Waals surface area contributed by atoms with Crippen molar-refractivity contribution < 1.29 is 18.7 Å². The molecule has 5 nitrogen and oxygen atoms in total. The lowest BCUT2D eigenvalue weighted by Crippen LogP contribution is -2.43. The van der Waals surface area contributed by atoms with E-state index in [1.807, 2.05) is 6.92 Å². The fourth-order valence-corrected chi connectivity index (χ4v) is 4.26. The molecule has 28 heavy (non-hydrogen) atoms. The zero-order valence-electron chi connectivity index (χ0n) is 15.1. The minimum Gasteiger partial charge on any atom is -0.391 e. The van der Waals surface area contributed by atoms with E-state index in [0.717, 1.165) is 0 Å². The molecule has 2 aliphatic rings. The van der Waals surface area contributed by atoms with Crippen molar-refractivity contribution in [1.29, 1.82) is 0 Å². The molecular formula is C19H19Cl2F2N3O2. The summed E-state index contributed by atoms with van der Waals surface area (Å²) in [7, 11) is 0. The molecule has 0 aliphatic carbocycles. The van der Waals surface area contributed by atoms with Crippen LogP contribution in [0.1, 0.15) is 47.1 Å². The number of halogens is 4. The second-order valence-electron chi connectivity index (χ2n) is 7.47. The molecule has 0 saturated carbocycles. The molecule has 0 saturated heterocycles. The van der Waals surface area contributed by atoms with E-state index in [1.54, 1.807) is 17.0 Å². The molecule has 150 valence electrons. The van der Waals surface area contributed by atoms with Crippen molar-refractivity contribution in [1.82, 2.24) is 14.7 Å². The van der Waals surface area contributed by atoms with E-state index >= 15 is 0 Å². The summed E-state index contributed by atoms with van der Waals surface area (Å²) in [4.78, 5) is 14.6. The average Bonchev–Trinajstić information content (AvgIpc) is 2.93. The van der Waals surface area contributed by atoms with Crippen LogP contribution in [0.25, 0.3) is 0 Å². The Morgan fingerprint density at radius 1 is 1.32 bits per heavy atom. The Hall–Kier alpha value is -1.70. The van der Waals surface area contributed by atoms with E-state index in [9.17, 15) is 18.7 Å². The molecule has 4 rings (SSSR count). The van der Waals surface area contributed by atoms with Crippen LogP contribution in [-0.2, 0) is 25.4 Å². The number of carbonyl (C=O) groups is 1. The molecule has 1 amide bonds. The molecular weight excluding hydrogens is 411 g/mol. The van der Waals surface area contributed by atoms with Gasteiger partial charge in [0.15, 0.2) is 0 Å². The number of alkyl halides is 2. The number of amides is 1. The van der Waals surface area contributed by atoms with Crippen LogP contribution in [-0.4, -0.2) is 37.8 Å². The maximum atomic E-state index is 14.8. The van der Waals surface area contributed by atoms with Crippen LogP contribution in [0.5, 0.6) is 0 Å². The summed E-state index contributed by atoms with van der Waals surface area (Å²) < 4.78 is 30.8. The molecule has 2 aromatic rings. The monoisotopic (exact) mass is 429 g/mol. The highest BCUT2D eigenvalue weighted by atomic mass is 35.5. The maximum absolute atomic E-state index is 14.8. The summed E-state index contributed by atoms with van der Waals surface area (Å²) in [6, 6.07) is 4.38. The number of aromatic nitrogens is 2. The lowest BCUT2D eigenvalue weighted by molar-refractivity contribution is -0.0252. The smallest absolute Gasteiger partial charge is 0.289 e. The molecule has 1 N–H and O–H groups in total. The van der Waals surface area contributed by atoms with Crippen LogP contribution in [0.2, 0.25) is 10.0 Å². The number of aliphatic hydroxyl groups is 1. The summed E-state index contributed by atoms with van der Waals surface area (Å²) in [6.07, 6.45) is -0.926. The van der Waals surface area contributed by atoms with Gasteiger partial charge in [-0.25, -0.2) is 0 Å². The van der Waals surface area contributed by atoms with E-state index in [0.29, 0.717) is 28.3 Å². The molecule has 1 aromatic heterocycles. The summed E-state index contributed by atoms with van der Waals surface area (Å²) in [6.45, 7) is 1.93. The molecule has 3 heterocycles. The molecule has 0 radical (unpaired) electrons. The van der Waals surface area contributed by atoms with Gasteiger partial charge in [-0.15, -0.1) is 0 Å². The number of hydrogen-bond donors (Lipinski definition) is 1. The zero-order valence-corrected chi connectivity index (χ0v) is 16.6. The highest BCUT2D eigenvalue weighted by molar-refractivity contribution is 6.42. The second-order valence-corrected chi connectivity index (χ2v) is 8.28. The van der Waals surface area contributed by atoms with Gasteiger partial charge in [-0.05, 0) is 31.5 Å². The number of benzene rings is 1. The quantitative estimate of drug-likeness (QED) is 0.744. The van der Waals surface area contributed by atoms with Crippen molar-refractivity contribution in [3.8, 4) is 0 Å². The van der Waals surface area contributed by atoms with E-state index < -0.39 is 18.4 Å². The Morgan fingerprint density at radius 2 is 2.07 bits per heavy atom. The van der Waals surface area contributed by atoms with Gasteiger partial charge in [0.25, 0.3) is 11.8 Å². The first kappa shape index (κ1) is 19.6. The third kappa shape index (κ3) is 3.29. The third-order valence-corrected chi connectivity index (χ3v) is 6.17. The van der Waals surface area contributed by atoms with Crippen LogP contribution in [0, 0.1) is 0 Å². The summed E-state index contributed by atoms with van der Waals surface area (Å²) in [5.41, 5.74) is 1.11. The van der Waals surface area contributed by atoms with Gasteiger partial charge in [0.05, 0.1) is 34.9 Å². The Bertz CT molecular complexity index is 948. The predicted octanol–water partition coefficient (Wildman–Crippen LogP) is 4.02. The largest absolute Gasteiger partial charge is 0.391 e. The van der Waals surface area contributed by atoms with Gasteiger partial charge in [0, 0.05) is 30.0 Å². The maximum Gasteiger partial charge on any atom is 0.289 e. The summed E-state index contributed by atoms with van der Waals surface area (Å²) in [5.74, 6) is -3.40. The Kier molecular flexibility index (Phi) is 4.88. The zero-order chi connectivity index (χ0) is 20.2. The Labute approximate surface area is 170 Å². The number of fused-ring (bicyclic) bond motifs is 3. The van der Waals surface area contributed by atoms with Crippen LogP contribution >= 0.6 is 23.2 Å². The van der Waals surface area contributed by atoms with Gasteiger partial charge in [0.1, 0.15) is 5.69 Å². The van der Waals surface area contributed by atoms with Crippen molar-refractivity contribution in [3.63, 3.8) is 0 Å². The molecule has 0 spiro atoms. The molecule has 1 aromatic carbocycles. The topological polar surface area (TPSA) is 58.4 Å². The molecule has 2 aliphatic heterocycles. The van der Waals surface area contributed by atoms with Crippen molar-refractivity contribution in [2.24, 2.45) is 0 Å². The lowest BCUT2D eigenvalue weighted by atomic mass is 9.95. The predicted molar refractivity (Wildman–Crippen MR) is 101 cm³/mol. The molecule has 9 heteroatoms. The van der Waals surface area contributed by atoms with Crippen molar-refractivity contribution in [2.45, 2.75) is 57.3 Å². The first-order chi connectivity index (χ1) is 13.2. The third-order valence-electron chi connectivity index (χ3n) is 5.43. The Balaban J connectivity index is 1.71. The lowest BCUT2D eigenvalue weighted by Gasteiger charge is -2.34. The van der Waals surface area contributed by atoms with Crippen LogP contribution in [0.3, 0.4) is 0 Å². The van der Waals surface area contributed by atoms with Gasteiger partial charge in [-0.2, -0.15) is 13.9 Å². The van der Waals surface area contributed by atoms with E-state index in [1.165, 1.54) is 10.7 Å². The van der Waals surface area contributed by atoms with Gasteiger partial charge in [-0.1, -0.05) is 23.2 Å². The molecule has 0 fully saturated rings. The number of carbonyl (C=O) groups excluding carboxylic acids is 1. The number of aliphatic hydroxyl groups excluding tert-OH is 1. The van der Waals surface area contributed by atoms with Crippen molar-refractivity contribution >= 4 is 29.1 Å². The average molecular weight is 430 g/mol. The number of hydrogen-bond acceptors (Lipinski definition) is 3. The highest BCUT2D eigenvalue weighted by Gasteiger charge is 2.44. The fourth-order valence-electron chi connectivity index (χ4n) is 3.96. The molecule has 1 unspecified atom stereocenters. The normalized spacial score (nSPS) is 23.7. The second kappa shape index (κ2) is 6.97. The number of nitrogens with zero attached hydrogens (tertiary/aromatic N) is 3.